The van der Waals surface area contributed by atoms with Gasteiger partial charge in [0, 0.05) is 5.56 Å². The van der Waals surface area contributed by atoms with Crippen LogP contribution in [0.25, 0.3) is 0 Å². The average Bonchev–Trinajstić information content (AvgIpc) is 3.72. The van der Waals surface area contributed by atoms with Crippen LogP contribution in [0.3, 0.4) is 0 Å². The van der Waals surface area contributed by atoms with Crippen molar-refractivity contribution in [3.05, 3.63) is 96.6 Å². The quantitative estimate of drug-likeness (QED) is 0.0746. The van der Waals surface area contributed by atoms with Crippen molar-refractivity contribution in [1.29, 1.82) is 0 Å². The summed E-state index contributed by atoms with van der Waals surface area (Å²) in [6, 6.07) is 31.9. The molecule has 0 saturated carbocycles. The molecular weight excluding hydrogens is 583 g/mol. The molecule has 1 fully saturated rings. The number of benzene rings is 3. The lowest BCUT2D eigenvalue weighted by Gasteiger charge is -2.43. The average molecular weight is 640 g/mol. The summed E-state index contributed by atoms with van der Waals surface area (Å²) in [6.07, 6.45) is 16.3. The number of aliphatic imine (C=N–C) groups is 1. The Labute approximate surface area is 280 Å². The summed E-state index contributed by atoms with van der Waals surface area (Å²) in [6.45, 7) is 9.77. The van der Waals surface area contributed by atoms with E-state index in [9.17, 15) is 0 Å². The Morgan fingerprint density at radius 1 is 0.652 bits per heavy atom. The highest BCUT2D eigenvalue weighted by molar-refractivity contribution is 6.99. The maximum atomic E-state index is 7.35. The summed E-state index contributed by atoms with van der Waals surface area (Å²) in [5.74, 6) is 0.714. The molecule has 3 aromatic carbocycles. The van der Waals surface area contributed by atoms with Gasteiger partial charge in [0.25, 0.3) is 8.32 Å². The summed E-state index contributed by atoms with van der Waals surface area (Å²) < 4.78 is 20.3. The summed E-state index contributed by atoms with van der Waals surface area (Å²) >= 11 is 0. The number of rotatable bonds is 19. The van der Waals surface area contributed by atoms with Gasteiger partial charge in [-0.3, -0.25) is 0 Å². The Hall–Kier alpha value is -2.73. The molecule has 0 bridgehead atoms. The normalized spacial score (nSPS) is 21.2. The highest BCUT2D eigenvalue weighted by atomic mass is 28.4. The second-order valence-corrected chi connectivity index (χ2v) is 18.7. The van der Waals surface area contributed by atoms with E-state index in [2.05, 4.69) is 100 Å². The Morgan fingerprint density at radius 3 is 1.67 bits per heavy atom. The van der Waals surface area contributed by atoms with E-state index in [1.165, 1.54) is 81.0 Å². The topological polar surface area (TPSA) is 43.3 Å². The minimum atomic E-state index is -2.69. The molecule has 4 atom stereocenters. The molecule has 0 N–H and O–H groups in total. The van der Waals surface area contributed by atoms with E-state index in [0.717, 1.165) is 12.0 Å². The van der Waals surface area contributed by atoms with Gasteiger partial charge in [-0.25, -0.2) is 4.99 Å². The van der Waals surface area contributed by atoms with Crippen LogP contribution >= 0.6 is 0 Å². The molecule has 0 radical (unpaired) electrons. The van der Waals surface area contributed by atoms with E-state index in [0.29, 0.717) is 12.5 Å². The third-order valence-corrected chi connectivity index (χ3v) is 14.9. The molecule has 5 heteroatoms. The SMILES string of the molecule is CCCCCCCCCCCCC[C@@H]1O[C@H]1[C@H]1OC(c2ccccc2)=N[C@H]1CO[Si](c1ccccc1)(c1ccccc1)C(C)(C)C. The fourth-order valence-electron chi connectivity index (χ4n) is 7.26. The first-order chi connectivity index (χ1) is 22.4. The smallest absolute Gasteiger partial charge is 0.261 e. The molecule has 0 amide bonds. The Balaban J connectivity index is 1.23. The molecule has 46 heavy (non-hydrogen) atoms. The van der Waals surface area contributed by atoms with Crippen molar-refractivity contribution in [2.75, 3.05) is 6.61 Å². The van der Waals surface area contributed by atoms with Crippen LogP contribution in [0, 0.1) is 0 Å². The van der Waals surface area contributed by atoms with Gasteiger partial charge < -0.3 is 13.9 Å². The van der Waals surface area contributed by atoms with Gasteiger partial charge in [-0.05, 0) is 34.0 Å². The van der Waals surface area contributed by atoms with Crippen LogP contribution in [0.5, 0.6) is 0 Å². The highest BCUT2D eigenvalue weighted by Crippen LogP contribution is 2.40. The molecule has 3 aromatic rings. The predicted molar refractivity (Wildman–Crippen MR) is 195 cm³/mol. The third kappa shape index (κ3) is 8.79. The lowest BCUT2D eigenvalue weighted by molar-refractivity contribution is 0.123. The highest BCUT2D eigenvalue weighted by Gasteiger charge is 2.54. The second-order valence-electron chi connectivity index (χ2n) is 14.4. The van der Waals surface area contributed by atoms with Gasteiger partial charge in [-0.2, -0.15) is 0 Å². The number of hydrogen-bond acceptors (Lipinski definition) is 4. The first-order valence-corrected chi connectivity index (χ1v) is 20.0. The molecule has 2 aliphatic heterocycles. The number of ether oxygens (including phenoxy) is 2. The summed E-state index contributed by atoms with van der Waals surface area (Å²) in [5.41, 5.74) is 1.02. The minimum Gasteiger partial charge on any atom is -0.469 e. The third-order valence-electron chi connectivity index (χ3n) is 9.86. The lowest BCUT2D eigenvalue weighted by Crippen LogP contribution is -2.67. The molecule has 2 aliphatic rings. The van der Waals surface area contributed by atoms with Gasteiger partial charge in [-0.15, -0.1) is 0 Å². The van der Waals surface area contributed by atoms with E-state index >= 15 is 0 Å². The Morgan fingerprint density at radius 2 is 1.15 bits per heavy atom. The van der Waals surface area contributed by atoms with E-state index in [1.807, 2.05) is 18.2 Å². The van der Waals surface area contributed by atoms with Crippen LogP contribution in [0.15, 0.2) is 96.0 Å². The zero-order valence-corrected chi connectivity index (χ0v) is 29.8. The number of hydrogen-bond donors (Lipinski definition) is 0. The van der Waals surface area contributed by atoms with Gasteiger partial charge in [-0.1, -0.05) is 177 Å². The largest absolute Gasteiger partial charge is 0.469 e. The van der Waals surface area contributed by atoms with Crippen molar-refractivity contribution < 1.29 is 13.9 Å². The monoisotopic (exact) mass is 639 g/mol. The van der Waals surface area contributed by atoms with Crippen LogP contribution < -0.4 is 10.4 Å². The zero-order valence-electron chi connectivity index (χ0n) is 28.8. The van der Waals surface area contributed by atoms with E-state index < -0.39 is 8.32 Å². The van der Waals surface area contributed by atoms with Crippen molar-refractivity contribution in [1.82, 2.24) is 0 Å². The predicted octanol–water partition coefficient (Wildman–Crippen LogP) is 9.25. The van der Waals surface area contributed by atoms with Crippen molar-refractivity contribution in [3.63, 3.8) is 0 Å². The number of unbranched alkanes of at least 4 members (excludes halogenated alkanes) is 10. The van der Waals surface area contributed by atoms with E-state index in [4.69, 9.17) is 18.9 Å². The van der Waals surface area contributed by atoms with Gasteiger partial charge in [0.1, 0.15) is 12.1 Å². The lowest BCUT2D eigenvalue weighted by atomic mass is 10.0. The summed E-state index contributed by atoms with van der Waals surface area (Å²) in [7, 11) is -2.69. The van der Waals surface area contributed by atoms with Crippen LogP contribution in [0.1, 0.15) is 110 Å². The first kappa shape index (κ1) is 34.6. The van der Waals surface area contributed by atoms with Crippen LogP contribution in [0.4, 0.5) is 0 Å². The van der Waals surface area contributed by atoms with Crippen molar-refractivity contribution in [3.8, 4) is 0 Å². The van der Waals surface area contributed by atoms with Gasteiger partial charge in [0.15, 0.2) is 6.10 Å². The summed E-state index contributed by atoms with van der Waals surface area (Å²) in [5, 5.41) is 2.48. The van der Waals surface area contributed by atoms with Crippen molar-refractivity contribution in [2.45, 2.75) is 134 Å². The second kappa shape index (κ2) is 16.9. The maximum Gasteiger partial charge on any atom is 0.261 e. The fraction of sp³-hybridized carbons (Fsp3) is 0.537. The maximum absolute atomic E-state index is 7.35. The molecule has 248 valence electrons. The molecule has 1 saturated heterocycles. The Kier molecular flexibility index (Phi) is 12.7. The first-order valence-electron chi connectivity index (χ1n) is 18.1. The van der Waals surface area contributed by atoms with Gasteiger partial charge >= 0.3 is 0 Å². The molecular formula is C41H57NO3Si. The number of nitrogens with zero attached hydrogens (tertiary/aromatic N) is 1. The van der Waals surface area contributed by atoms with Crippen molar-refractivity contribution >= 4 is 24.6 Å². The molecule has 2 heterocycles. The summed E-state index contributed by atoms with van der Waals surface area (Å²) in [4.78, 5) is 5.18. The van der Waals surface area contributed by atoms with Crippen molar-refractivity contribution in [2.24, 2.45) is 4.99 Å². The molecule has 5 rings (SSSR count). The molecule has 0 spiro atoms. The fourth-order valence-corrected chi connectivity index (χ4v) is 11.8. The van der Waals surface area contributed by atoms with Crippen LogP contribution in [0.2, 0.25) is 5.04 Å². The van der Waals surface area contributed by atoms with E-state index in [1.54, 1.807) is 0 Å². The van der Waals surface area contributed by atoms with E-state index in [-0.39, 0.29) is 29.4 Å². The van der Waals surface area contributed by atoms with Gasteiger partial charge in [0.2, 0.25) is 5.90 Å². The van der Waals surface area contributed by atoms with Gasteiger partial charge in [0.05, 0.1) is 12.7 Å². The molecule has 0 aromatic heterocycles. The molecule has 0 unspecified atom stereocenters. The molecule has 4 nitrogen and oxygen atoms in total. The van der Waals surface area contributed by atoms with Crippen LogP contribution in [-0.2, 0) is 13.9 Å². The zero-order chi connectivity index (χ0) is 32.2. The molecule has 0 aliphatic carbocycles. The standard InChI is InChI=1S/C41H57NO3Si/c1-5-6-7-8-9-10-11-12-13-14-24-31-37-39(44-37)38-36(42-40(45-38)33-25-18-15-19-26-33)32-43-46(41(2,3)4,34-27-20-16-21-28-34)35-29-22-17-23-30-35/h15-23,25-30,36-39H,5-14,24,31-32H2,1-4H3/t36-,37-,38-,39+/m0/s1. The Bertz CT molecular complexity index is 1280. The van der Waals surface area contributed by atoms with Crippen LogP contribution in [-0.4, -0.2) is 45.2 Å². The minimum absolute atomic E-state index is 0.0702. The number of epoxide rings is 1.